The maximum atomic E-state index is 10.3. The number of benzene rings is 1. The van der Waals surface area contributed by atoms with E-state index in [9.17, 15) is 5.11 Å². The van der Waals surface area contributed by atoms with Gasteiger partial charge in [-0.3, -0.25) is 0 Å². The highest BCUT2D eigenvalue weighted by Gasteiger charge is 2.10. The fourth-order valence-corrected chi connectivity index (χ4v) is 2.65. The van der Waals surface area contributed by atoms with Gasteiger partial charge in [-0.1, -0.05) is 40.2 Å². The van der Waals surface area contributed by atoms with Crippen molar-refractivity contribution in [3.63, 3.8) is 0 Å². The van der Waals surface area contributed by atoms with Gasteiger partial charge in [-0.2, -0.15) is 0 Å². The lowest BCUT2D eigenvalue weighted by Crippen LogP contribution is -2.11. The number of halogens is 1. The zero-order chi connectivity index (χ0) is 14.8. The predicted octanol–water partition coefficient (Wildman–Crippen LogP) is 3.87. The average molecular weight is 346 g/mol. The number of aromatic amines is 1. The van der Waals surface area contributed by atoms with E-state index in [-0.39, 0.29) is 0 Å². The molecule has 1 unspecified atom stereocenters. The van der Waals surface area contributed by atoms with Crippen LogP contribution in [0, 0.1) is 6.92 Å². The number of rotatable bonds is 4. The molecule has 2 heterocycles. The molecule has 0 aliphatic carbocycles. The van der Waals surface area contributed by atoms with Crippen LogP contribution >= 0.6 is 15.9 Å². The largest absolute Gasteiger partial charge is 0.369 e. The Bertz CT molecular complexity index is 769. The normalized spacial score (nSPS) is 12.5. The molecule has 2 aromatic heterocycles. The molecule has 3 aromatic rings. The van der Waals surface area contributed by atoms with E-state index in [0.717, 1.165) is 38.9 Å². The summed E-state index contributed by atoms with van der Waals surface area (Å²) in [5.74, 6) is 0. The van der Waals surface area contributed by atoms with Gasteiger partial charge < -0.3 is 15.4 Å². The number of aliphatic hydroxyl groups excluding tert-OH is 1. The van der Waals surface area contributed by atoms with Gasteiger partial charge in [0.2, 0.25) is 0 Å². The van der Waals surface area contributed by atoms with Gasteiger partial charge in [-0.05, 0) is 24.6 Å². The smallest absolute Gasteiger partial charge is 0.151 e. The molecular formula is C16H16BrN3O. The first-order valence-corrected chi connectivity index (χ1v) is 7.83. The molecule has 0 aliphatic rings. The molecule has 5 heteroatoms. The van der Waals surface area contributed by atoms with Crippen molar-refractivity contribution in [3.05, 3.63) is 59.4 Å². The minimum absolute atomic E-state index is 0.750. The molecule has 0 fully saturated rings. The molecule has 0 aliphatic heterocycles. The lowest BCUT2D eigenvalue weighted by Gasteiger charge is -2.16. The number of anilines is 1. The molecule has 0 radical (unpaired) electrons. The first kappa shape index (κ1) is 14.1. The molecule has 3 N–H and O–H groups in total. The van der Waals surface area contributed by atoms with Gasteiger partial charge in [0.15, 0.2) is 6.23 Å². The number of alkyl halides is 1. The van der Waals surface area contributed by atoms with E-state index in [1.807, 2.05) is 43.3 Å². The van der Waals surface area contributed by atoms with Crippen LogP contribution in [-0.2, 0) is 5.33 Å². The van der Waals surface area contributed by atoms with Crippen LogP contribution in [0.5, 0.6) is 0 Å². The van der Waals surface area contributed by atoms with Gasteiger partial charge in [0, 0.05) is 22.0 Å². The molecule has 3 rings (SSSR count). The Morgan fingerprint density at radius 3 is 2.90 bits per heavy atom. The van der Waals surface area contributed by atoms with Gasteiger partial charge in [-0.15, -0.1) is 0 Å². The number of fused-ring (bicyclic) bond motifs is 1. The van der Waals surface area contributed by atoms with Crippen molar-refractivity contribution in [3.8, 4) is 0 Å². The fourth-order valence-electron chi connectivity index (χ4n) is 2.35. The van der Waals surface area contributed by atoms with Crippen molar-refractivity contribution >= 4 is 32.7 Å². The van der Waals surface area contributed by atoms with Crippen molar-refractivity contribution in [2.45, 2.75) is 18.5 Å². The topological polar surface area (TPSA) is 60.9 Å². The van der Waals surface area contributed by atoms with E-state index in [0.29, 0.717) is 0 Å². The molecule has 0 saturated carbocycles. The van der Waals surface area contributed by atoms with Crippen LogP contribution in [0.4, 0.5) is 5.69 Å². The highest BCUT2D eigenvalue weighted by molar-refractivity contribution is 9.08. The Balaban J connectivity index is 1.86. The Hall–Kier alpha value is -1.85. The minimum Gasteiger partial charge on any atom is -0.369 e. The van der Waals surface area contributed by atoms with E-state index in [1.165, 1.54) is 0 Å². The number of nitrogens with zero attached hydrogens (tertiary/aromatic N) is 1. The standard InChI is InChI=1S/C16H16BrN3O/c1-10-4-2-3-5-14(10)16(21)20-13-7-11-6-12(8-17)19-15(11)18-9-13/h2-7,9,16,20-21H,8H2,1H3,(H,18,19). The zero-order valence-electron chi connectivity index (χ0n) is 11.6. The Kier molecular flexibility index (Phi) is 3.94. The summed E-state index contributed by atoms with van der Waals surface area (Å²) in [5.41, 5.74) is 4.63. The second-order valence-electron chi connectivity index (χ2n) is 4.99. The summed E-state index contributed by atoms with van der Waals surface area (Å²) >= 11 is 3.42. The van der Waals surface area contributed by atoms with Crippen LogP contribution in [0.2, 0.25) is 0 Å². The summed E-state index contributed by atoms with van der Waals surface area (Å²) in [6, 6.07) is 11.8. The minimum atomic E-state index is -0.750. The lowest BCUT2D eigenvalue weighted by atomic mass is 10.1. The number of hydrogen-bond acceptors (Lipinski definition) is 3. The first-order chi connectivity index (χ1) is 10.2. The van der Waals surface area contributed by atoms with Crippen molar-refractivity contribution in [1.29, 1.82) is 0 Å². The Morgan fingerprint density at radius 1 is 1.33 bits per heavy atom. The van der Waals surface area contributed by atoms with Crippen LogP contribution in [0.25, 0.3) is 11.0 Å². The monoisotopic (exact) mass is 345 g/mol. The highest BCUT2D eigenvalue weighted by atomic mass is 79.9. The van der Waals surface area contributed by atoms with E-state index in [2.05, 4.69) is 31.2 Å². The highest BCUT2D eigenvalue weighted by Crippen LogP contribution is 2.23. The van der Waals surface area contributed by atoms with Gasteiger partial charge >= 0.3 is 0 Å². The third-order valence-corrected chi connectivity index (χ3v) is 4.06. The summed E-state index contributed by atoms with van der Waals surface area (Å²) < 4.78 is 0. The molecule has 0 saturated heterocycles. The molecule has 0 bridgehead atoms. The summed E-state index contributed by atoms with van der Waals surface area (Å²) in [4.78, 5) is 7.59. The molecule has 0 spiro atoms. The second-order valence-corrected chi connectivity index (χ2v) is 5.55. The first-order valence-electron chi connectivity index (χ1n) is 6.71. The van der Waals surface area contributed by atoms with Crippen molar-refractivity contribution in [2.24, 2.45) is 0 Å². The number of pyridine rings is 1. The van der Waals surface area contributed by atoms with Crippen LogP contribution in [0.1, 0.15) is 23.0 Å². The fraction of sp³-hybridized carbons (Fsp3) is 0.188. The van der Waals surface area contributed by atoms with Gasteiger partial charge in [-0.25, -0.2) is 4.98 Å². The Morgan fingerprint density at radius 2 is 2.14 bits per heavy atom. The lowest BCUT2D eigenvalue weighted by molar-refractivity contribution is 0.207. The van der Waals surface area contributed by atoms with Crippen LogP contribution in [0.3, 0.4) is 0 Å². The maximum absolute atomic E-state index is 10.3. The van der Waals surface area contributed by atoms with Crippen LogP contribution in [0.15, 0.2) is 42.6 Å². The molecular weight excluding hydrogens is 330 g/mol. The van der Waals surface area contributed by atoms with E-state index < -0.39 is 6.23 Å². The summed E-state index contributed by atoms with van der Waals surface area (Å²) in [6.07, 6.45) is 0.971. The van der Waals surface area contributed by atoms with Gasteiger partial charge in [0.25, 0.3) is 0 Å². The molecule has 21 heavy (non-hydrogen) atoms. The molecule has 4 nitrogen and oxygen atoms in total. The Labute approximate surface area is 131 Å². The van der Waals surface area contributed by atoms with Crippen LogP contribution in [-0.4, -0.2) is 15.1 Å². The number of aliphatic hydroxyl groups is 1. The van der Waals surface area contributed by atoms with E-state index in [4.69, 9.17) is 0 Å². The SMILES string of the molecule is Cc1ccccc1C(O)Nc1cnc2[nH]c(CBr)cc2c1. The third kappa shape index (κ3) is 2.94. The quantitative estimate of drug-likeness (QED) is 0.496. The average Bonchev–Trinajstić information content (AvgIpc) is 2.90. The van der Waals surface area contributed by atoms with Crippen molar-refractivity contribution < 1.29 is 5.11 Å². The number of hydrogen-bond donors (Lipinski definition) is 3. The summed E-state index contributed by atoms with van der Waals surface area (Å²) in [5, 5.41) is 15.2. The van der Waals surface area contributed by atoms with E-state index >= 15 is 0 Å². The second kappa shape index (κ2) is 5.87. The number of H-pyrrole nitrogens is 1. The zero-order valence-corrected chi connectivity index (χ0v) is 13.2. The number of nitrogens with one attached hydrogen (secondary N) is 2. The number of aryl methyl sites for hydroxylation is 1. The summed E-state index contributed by atoms with van der Waals surface area (Å²) in [6.45, 7) is 1.98. The predicted molar refractivity (Wildman–Crippen MR) is 88.5 cm³/mol. The maximum Gasteiger partial charge on any atom is 0.151 e. The number of aromatic nitrogens is 2. The van der Waals surface area contributed by atoms with Gasteiger partial charge in [0.1, 0.15) is 5.65 Å². The van der Waals surface area contributed by atoms with Crippen molar-refractivity contribution in [1.82, 2.24) is 9.97 Å². The van der Waals surface area contributed by atoms with Gasteiger partial charge in [0.05, 0.1) is 11.9 Å². The third-order valence-electron chi connectivity index (χ3n) is 3.46. The van der Waals surface area contributed by atoms with Crippen LogP contribution < -0.4 is 5.32 Å². The molecule has 1 aromatic carbocycles. The summed E-state index contributed by atoms with van der Waals surface area (Å²) in [7, 11) is 0. The molecule has 0 amide bonds. The van der Waals surface area contributed by atoms with Crippen molar-refractivity contribution in [2.75, 3.05) is 5.32 Å². The van der Waals surface area contributed by atoms with E-state index in [1.54, 1.807) is 6.20 Å². The molecule has 1 atom stereocenters. The molecule has 108 valence electrons.